The average Bonchev–Trinajstić information content (AvgIpc) is 3.17. The largest absolute Gasteiger partial charge is 0.330 e. The molecule has 3 heteroatoms. The van der Waals surface area contributed by atoms with Crippen LogP contribution in [0.15, 0.2) is 16.8 Å². The van der Waals surface area contributed by atoms with Crippen LogP contribution in [0.2, 0.25) is 0 Å². The number of nitrogens with two attached hydrogens (primary N) is 1. The summed E-state index contributed by atoms with van der Waals surface area (Å²) in [5, 5.41) is 4.50. The van der Waals surface area contributed by atoms with Gasteiger partial charge in [0, 0.05) is 19.1 Å². The molecule has 0 spiro atoms. The molecule has 0 radical (unpaired) electrons. The molecule has 2 saturated carbocycles. The Morgan fingerprint density at radius 2 is 2.25 bits per heavy atom. The molecule has 0 saturated heterocycles. The highest BCUT2D eigenvalue weighted by atomic mass is 32.1. The van der Waals surface area contributed by atoms with E-state index in [0.717, 1.165) is 25.0 Å². The van der Waals surface area contributed by atoms with Gasteiger partial charge in [0.1, 0.15) is 0 Å². The molecule has 2 aliphatic carbocycles. The van der Waals surface area contributed by atoms with Gasteiger partial charge in [-0.2, -0.15) is 11.3 Å². The van der Waals surface area contributed by atoms with Gasteiger partial charge >= 0.3 is 0 Å². The van der Waals surface area contributed by atoms with Crippen LogP contribution in [0, 0.1) is 11.3 Å². The molecule has 2 atom stereocenters. The van der Waals surface area contributed by atoms with Crippen LogP contribution in [0.25, 0.3) is 0 Å². The Morgan fingerprint density at radius 1 is 1.40 bits per heavy atom. The van der Waals surface area contributed by atoms with Crippen molar-refractivity contribution in [3.63, 3.8) is 0 Å². The molecule has 2 aliphatic rings. The quantitative estimate of drug-likeness (QED) is 0.862. The first-order valence-electron chi connectivity index (χ1n) is 8.16. The van der Waals surface area contributed by atoms with Gasteiger partial charge in [0.25, 0.3) is 0 Å². The van der Waals surface area contributed by atoms with Crippen molar-refractivity contribution in [3.05, 3.63) is 22.4 Å². The van der Waals surface area contributed by atoms with Gasteiger partial charge in [-0.05, 0) is 66.0 Å². The van der Waals surface area contributed by atoms with Crippen molar-refractivity contribution < 1.29 is 0 Å². The summed E-state index contributed by atoms with van der Waals surface area (Å²) in [7, 11) is 0. The monoisotopic (exact) mass is 292 g/mol. The van der Waals surface area contributed by atoms with E-state index < -0.39 is 0 Å². The van der Waals surface area contributed by atoms with E-state index in [2.05, 4.69) is 28.7 Å². The predicted octanol–water partition coefficient (Wildman–Crippen LogP) is 3.87. The summed E-state index contributed by atoms with van der Waals surface area (Å²) >= 11 is 1.81. The van der Waals surface area contributed by atoms with Gasteiger partial charge in [-0.3, -0.25) is 4.90 Å². The first-order valence-corrected chi connectivity index (χ1v) is 9.10. The Balaban J connectivity index is 1.68. The normalized spacial score (nSPS) is 30.9. The molecule has 0 aromatic carbocycles. The number of rotatable bonds is 6. The topological polar surface area (TPSA) is 29.3 Å². The Bertz CT molecular complexity index is 413. The highest BCUT2D eigenvalue weighted by Gasteiger charge is 2.39. The summed E-state index contributed by atoms with van der Waals surface area (Å²) in [5.41, 5.74) is 8.09. The lowest BCUT2D eigenvalue weighted by molar-refractivity contribution is 0.0800. The first kappa shape index (κ1) is 14.6. The Morgan fingerprint density at radius 3 is 2.85 bits per heavy atom. The number of hydrogen-bond acceptors (Lipinski definition) is 3. The van der Waals surface area contributed by atoms with Gasteiger partial charge in [0.05, 0.1) is 0 Å². The van der Waals surface area contributed by atoms with Crippen LogP contribution < -0.4 is 5.73 Å². The summed E-state index contributed by atoms with van der Waals surface area (Å²) in [6.07, 6.45) is 8.21. The van der Waals surface area contributed by atoms with E-state index in [1.54, 1.807) is 0 Å². The molecule has 1 heterocycles. The number of thiophene rings is 1. The Labute approximate surface area is 127 Å². The van der Waals surface area contributed by atoms with E-state index >= 15 is 0 Å². The first-order chi connectivity index (χ1) is 9.71. The maximum absolute atomic E-state index is 6.22. The fourth-order valence-electron chi connectivity index (χ4n) is 3.96. The summed E-state index contributed by atoms with van der Waals surface area (Å²) in [6, 6.07) is 3.11. The highest BCUT2D eigenvalue weighted by Crippen LogP contribution is 2.41. The van der Waals surface area contributed by atoms with Gasteiger partial charge in [-0.25, -0.2) is 0 Å². The van der Waals surface area contributed by atoms with Gasteiger partial charge in [-0.1, -0.05) is 19.8 Å². The second-order valence-electron chi connectivity index (χ2n) is 7.17. The summed E-state index contributed by atoms with van der Waals surface area (Å²) in [6.45, 7) is 5.62. The third-order valence-electron chi connectivity index (χ3n) is 5.19. The number of nitrogens with zero attached hydrogens (tertiary/aromatic N) is 1. The zero-order chi connectivity index (χ0) is 14.0. The molecule has 112 valence electrons. The van der Waals surface area contributed by atoms with E-state index in [1.165, 1.54) is 50.6 Å². The maximum atomic E-state index is 6.22. The lowest BCUT2D eigenvalue weighted by Crippen LogP contribution is -2.45. The zero-order valence-corrected chi connectivity index (χ0v) is 13.5. The Hall–Kier alpha value is -0.380. The van der Waals surface area contributed by atoms with Crippen LogP contribution in [0.4, 0.5) is 0 Å². The zero-order valence-electron chi connectivity index (χ0n) is 12.7. The van der Waals surface area contributed by atoms with Crippen molar-refractivity contribution in [3.8, 4) is 0 Å². The van der Waals surface area contributed by atoms with Crippen molar-refractivity contribution in [2.45, 2.75) is 58.0 Å². The van der Waals surface area contributed by atoms with Crippen LogP contribution >= 0.6 is 11.3 Å². The molecule has 2 unspecified atom stereocenters. The summed E-state index contributed by atoms with van der Waals surface area (Å²) in [4.78, 5) is 2.73. The van der Waals surface area contributed by atoms with E-state index in [0.29, 0.717) is 5.41 Å². The van der Waals surface area contributed by atoms with Crippen LogP contribution in [-0.4, -0.2) is 24.0 Å². The van der Waals surface area contributed by atoms with Crippen molar-refractivity contribution in [1.29, 1.82) is 0 Å². The van der Waals surface area contributed by atoms with Crippen LogP contribution in [0.3, 0.4) is 0 Å². The van der Waals surface area contributed by atoms with Gasteiger partial charge in [0.2, 0.25) is 0 Å². The standard InChI is InChI=1S/C17H28N2S/c1-14-3-2-7-17(9-14,12-18)13-19(16-4-5-16)10-15-6-8-20-11-15/h6,8,11,14,16H,2-5,7,9-10,12-13,18H2,1H3. The van der Waals surface area contributed by atoms with Gasteiger partial charge in [-0.15, -0.1) is 0 Å². The fraction of sp³-hybridized carbons (Fsp3) is 0.765. The van der Waals surface area contributed by atoms with Gasteiger partial charge < -0.3 is 5.73 Å². The maximum Gasteiger partial charge on any atom is 0.0245 e. The molecule has 20 heavy (non-hydrogen) atoms. The summed E-state index contributed by atoms with van der Waals surface area (Å²) in [5.74, 6) is 0.856. The third-order valence-corrected chi connectivity index (χ3v) is 5.92. The highest BCUT2D eigenvalue weighted by molar-refractivity contribution is 7.07. The van der Waals surface area contributed by atoms with Crippen molar-refractivity contribution in [1.82, 2.24) is 4.90 Å². The third kappa shape index (κ3) is 3.44. The number of hydrogen-bond donors (Lipinski definition) is 1. The molecule has 3 rings (SSSR count). The minimum absolute atomic E-state index is 0.385. The van der Waals surface area contributed by atoms with E-state index in [9.17, 15) is 0 Å². The second kappa shape index (κ2) is 6.17. The van der Waals surface area contributed by atoms with Crippen LogP contribution in [0.1, 0.15) is 51.0 Å². The molecule has 0 amide bonds. The molecule has 1 aromatic heterocycles. The van der Waals surface area contributed by atoms with E-state index in [4.69, 9.17) is 5.73 Å². The van der Waals surface area contributed by atoms with Crippen LogP contribution in [0.5, 0.6) is 0 Å². The van der Waals surface area contributed by atoms with Crippen molar-refractivity contribution in [2.75, 3.05) is 13.1 Å². The van der Waals surface area contributed by atoms with Crippen molar-refractivity contribution in [2.24, 2.45) is 17.1 Å². The average molecular weight is 292 g/mol. The molecule has 2 nitrogen and oxygen atoms in total. The van der Waals surface area contributed by atoms with Gasteiger partial charge in [0.15, 0.2) is 0 Å². The van der Waals surface area contributed by atoms with E-state index in [-0.39, 0.29) is 0 Å². The van der Waals surface area contributed by atoms with Crippen LogP contribution in [-0.2, 0) is 6.54 Å². The van der Waals surface area contributed by atoms with E-state index in [1.807, 2.05) is 11.3 Å². The fourth-order valence-corrected chi connectivity index (χ4v) is 4.62. The molecule has 1 aromatic rings. The van der Waals surface area contributed by atoms with Crippen molar-refractivity contribution >= 4 is 11.3 Å². The predicted molar refractivity (Wildman–Crippen MR) is 86.9 cm³/mol. The molecule has 0 bridgehead atoms. The second-order valence-corrected chi connectivity index (χ2v) is 7.95. The smallest absolute Gasteiger partial charge is 0.0245 e. The minimum atomic E-state index is 0.385. The molecular formula is C17H28N2S. The Kier molecular flexibility index (Phi) is 4.49. The molecular weight excluding hydrogens is 264 g/mol. The minimum Gasteiger partial charge on any atom is -0.330 e. The molecule has 0 aliphatic heterocycles. The summed E-state index contributed by atoms with van der Waals surface area (Å²) < 4.78 is 0. The SMILES string of the molecule is CC1CCCC(CN)(CN(Cc2ccsc2)C2CC2)C1. The lowest BCUT2D eigenvalue weighted by atomic mass is 9.69. The molecule has 2 fully saturated rings. The lowest BCUT2D eigenvalue weighted by Gasteiger charge is -2.43. The molecule has 2 N–H and O–H groups in total.